The first kappa shape index (κ1) is 16.2. The maximum absolute atomic E-state index is 12.2. The fourth-order valence-corrected chi connectivity index (χ4v) is 3.15. The van der Waals surface area contributed by atoms with Crippen LogP contribution in [-0.2, 0) is 23.2 Å². The Morgan fingerprint density at radius 2 is 2.08 bits per heavy atom. The minimum absolute atomic E-state index is 0.0530. The number of aromatic nitrogens is 2. The predicted octanol–water partition coefficient (Wildman–Crippen LogP) is 2.35. The van der Waals surface area contributed by atoms with Crippen LogP contribution in [0.2, 0.25) is 0 Å². The Morgan fingerprint density at radius 1 is 1.33 bits per heavy atom. The first-order valence-electron chi connectivity index (χ1n) is 8.07. The molecule has 1 fully saturated rings. The van der Waals surface area contributed by atoms with E-state index in [9.17, 15) is 14.7 Å². The number of carboxylic acids is 1. The third-order valence-corrected chi connectivity index (χ3v) is 4.77. The van der Waals surface area contributed by atoms with E-state index in [-0.39, 0.29) is 12.3 Å². The number of aliphatic carboxylic acids is 1. The normalized spacial score (nSPS) is 15.5. The number of amides is 1. The second-order valence-corrected chi connectivity index (χ2v) is 6.45. The van der Waals surface area contributed by atoms with Crippen LogP contribution in [0, 0.1) is 5.41 Å². The molecule has 0 atom stereocenters. The second-order valence-electron chi connectivity index (χ2n) is 6.45. The van der Waals surface area contributed by atoms with Crippen molar-refractivity contribution in [3.63, 3.8) is 0 Å². The molecule has 3 rings (SSSR count). The molecule has 1 aromatic carbocycles. The van der Waals surface area contributed by atoms with E-state index < -0.39 is 11.4 Å². The van der Waals surface area contributed by atoms with Crippen LogP contribution in [0.5, 0.6) is 0 Å². The van der Waals surface area contributed by atoms with Gasteiger partial charge in [-0.2, -0.15) is 5.10 Å². The smallest absolute Gasteiger partial charge is 0.310 e. The number of nitrogens with one attached hydrogen (secondary N) is 1. The zero-order valence-electron chi connectivity index (χ0n) is 13.7. The first-order valence-corrected chi connectivity index (χ1v) is 8.07. The van der Waals surface area contributed by atoms with E-state index in [1.54, 1.807) is 10.9 Å². The van der Waals surface area contributed by atoms with Crippen LogP contribution < -0.4 is 5.32 Å². The third kappa shape index (κ3) is 3.18. The van der Waals surface area contributed by atoms with Crippen molar-refractivity contribution in [3.8, 4) is 11.1 Å². The van der Waals surface area contributed by atoms with Gasteiger partial charge in [-0.15, -0.1) is 0 Å². The summed E-state index contributed by atoms with van der Waals surface area (Å²) in [6.07, 6.45) is 5.81. The number of benzene rings is 1. The zero-order chi connectivity index (χ0) is 17.2. The van der Waals surface area contributed by atoms with Gasteiger partial charge in [0.25, 0.3) is 0 Å². The lowest BCUT2D eigenvalue weighted by Gasteiger charge is -2.36. The number of hydrogen-bond donors (Lipinski definition) is 2. The molecule has 0 radical (unpaired) electrons. The Morgan fingerprint density at radius 3 is 2.67 bits per heavy atom. The largest absolute Gasteiger partial charge is 0.481 e. The van der Waals surface area contributed by atoms with Gasteiger partial charge in [-0.1, -0.05) is 30.7 Å². The van der Waals surface area contributed by atoms with Gasteiger partial charge in [-0.25, -0.2) is 0 Å². The molecule has 1 heterocycles. The number of nitrogens with zero attached hydrogens (tertiary/aromatic N) is 2. The van der Waals surface area contributed by atoms with Crippen molar-refractivity contribution < 1.29 is 14.7 Å². The zero-order valence-corrected chi connectivity index (χ0v) is 13.7. The van der Waals surface area contributed by atoms with Gasteiger partial charge >= 0.3 is 5.97 Å². The van der Waals surface area contributed by atoms with E-state index in [0.717, 1.165) is 23.1 Å². The highest BCUT2D eigenvalue weighted by Gasteiger charge is 2.45. The van der Waals surface area contributed by atoms with Gasteiger partial charge in [0.2, 0.25) is 5.91 Å². The molecule has 24 heavy (non-hydrogen) atoms. The van der Waals surface area contributed by atoms with E-state index in [1.165, 1.54) is 0 Å². The monoisotopic (exact) mass is 327 g/mol. The molecule has 1 saturated carbocycles. The van der Waals surface area contributed by atoms with Gasteiger partial charge in [0.1, 0.15) is 0 Å². The Bertz CT molecular complexity index is 762. The van der Waals surface area contributed by atoms with Crippen LogP contribution in [-0.4, -0.2) is 26.8 Å². The van der Waals surface area contributed by atoms with Crippen molar-refractivity contribution in [2.24, 2.45) is 12.5 Å². The summed E-state index contributed by atoms with van der Waals surface area (Å²) in [6, 6.07) is 7.82. The summed E-state index contributed by atoms with van der Waals surface area (Å²) in [7, 11) is 1.86. The van der Waals surface area contributed by atoms with Crippen LogP contribution in [0.4, 0.5) is 0 Å². The quantitative estimate of drug-likeness (QED) is 0.853. The third-order valence-electron chi connectivity index (χ3n) is 4.77. The van der Waals surface area contributed by atoms with Crippen LogP contribution in [0.15, 0.2) is 36.7 Å². The molecular formula is C18H21N3O3. The number of hydrogen-bond acceptors (Lipinski definition) is 3. The van der Waals surface area contributed by atoms with Crippen molar-refractivity contribution >= 4 is 11.9 Å². The molecule has 6 heteroatoms. The van der Waals surface area contributed by atoms with Crippen LogP contribution in [0.3, 0.4) is 0 Å². The van der Waals surface area contributed by atoms with Gasteiger partial charge < -0.3 is 10.4 Å². The highest BCUT2D eigenvalue weighted by atomic mass is 16.4. The summed E-state index contributed by atoms with van der Waals surface area (Å²) >= 11 is 0. The highest BCUT2D eigenvalue weighted by Crippen LogP contribution is 2.44. The summed E-state index contributed by atoms with van der Waals surface area (Å²) in [5.74, 6) is -1.07. The number of aryl methyl sites for hydroxylation is 1. The highest BCUT2D eigenvalue weighted by molar-refractivity contribution is 5.85. The maximum Gasteiger partial charge on any atom is 0.310 e. The summed E-state index contributed by atoms with van der Waals surface area (Å²) in [4.78, 5) is 23.6. The van der Waals surface area contributed by atoms with Crippen LogP contribution >= 0.6 is 0 Å². The number of carbonyl (C=O) groups is 2. The molecule has 1 amide bonds. The van der Waals surface area contributed by atoms with Crippen molar-refractivity contribution in [1.29, 1.82) is 0 Å². The van der Waals surface area contributed by atoms with Crippen molar-refractivity contribution in [3.05, 3.63) is 42.2 Å². The molecule has 1 aliphatic carbocycles. The molecule has 0 saturated heterocycles. The second kappa shape index (κ2) is 6.47. The number of carboxylic acid groups (broad SMARTS) is 1. The summed E-state index contributed by atoms with van der Waals surface area (Å²) in [5, 5.41) is 16.4. The molecule has 2 aromatic rings. The van der Waals surface area contributed by atoms with E-state index in [0.29, 0.717) is 19.4 Å². The van der Waals surface area contributed by atoms with Crippen molar-refractivity contribution in [2.75, 3.05) is 0 Å². The fourth-order valence-electron chi connectivity index (χ4n) is 3.15. The molecule has 0 unspecified atom stereocenters. The van der Waals surface area contributed by atoms with Gasteiger partial charge in [-0.05, 0) is 24.0 Å². The van der Waals surface area contributed by atoms with E-state index >= 15 is 0 Å². The Labute approximate surface area is 140 Å². The lowest BCUT2D eigenvalue weighted by atomic mass is 9.66. The van der Waals surface area contributed by atoms with Crippen LogP contribution in [0.1, 0.15) is 31.2 Å². The number of rotatable bonds is 6. The number of carbonyl (C=O) groups excluding carboxylic acids is 1. The average Bonchev–Trinajstić information content (AvgIpc) is 2.95. The lowest BCUT2D eigenvalue weighted by molar-refractivity contribution is -0.157. The topological polar surface area (TPSA) is 84.2 Å². The molecule has 0 bridgehead atoms. The molecule has 1 aromatic heterocycles. The van der Waals surface area contributed by atoms with Crippen molar-refractivity contribution in [2.45, 2.75) is 32.2 Å². The first-order chi connectivity index (χ1) is 11.5. The minimum Gasteiger partial charge on any atom is -0.481 e. The molecule has 2 N–H and O–H groups in total. The lowest BCUT2D eigenvalue weighted by Crippen LogP contribution is -2.42. The average molecular weight is 327 g/mol. The maximum atomic E-state index is 12.2. The van der Waals surface area contributed by atoms with Gasteiger partial charge in [0.05, 0.1) is 11.6 Å². The van der Waals surface area contributed by atoms with E-state index in [1.807, 2.05) is 37.5 Å². The van der Waals surface area contributed by atoms with Gasteiger partial charge in [0.15, 0.2) is 0 Å². The van der Waals surface area contributed by atoms with Crippen molar-refractivity contribution in [1.82, 2.24) is 15.1 Å². The summed E-state index contributed by atoms with van der Waals surface area (Å²) in [5.41, 5.74) is 2.13. The SMILES string of the molecule is Cn1cc(-c2ccccc2CNC(=O)CC2(C(=O)O)CCC2)cn1. The molecule has 0 spiro atoms. The van der Waals surface area contributed by atoms with Gasteiger partial charge in [0, 0.05) is 31.8 Å². The van der Waals surface area contributed by atoms with E-state index in [4.69, 9.17) is 0 Å². The Hall–Kier alpha value is -2.63. The predicted molar refractivity (Wildman–Crippen MR) is 89.0 cm³/mol. The summed E-state index contributed by atoms with van der Waals surface area (Å²) in [6.45, 7) is 0.375. The van der Waals surface area contributed by atoms with E-state index in [2.05, 4.69) is 10.4 Å². The Balaban J connectivity index is 1.67. The Kier molecular flexibility index (Phi) is 4.38. The molecule has 1 aliphatic rings. The van der Waals surface area contributed by atoms with Crippen LogP contribution in [0.25, 0.3) is 11.1 Å². The summed E-state index contributed by atoms with van der Waals surface area (Å²) < 4.78 is 1.73. The standard InChI is InChI=1S/C18H21N3O3/c1-21-12-14(11-20-21)15-6-3-2-5-13(15)10-19-16(22)9-18(17(23)24)7-4-8-18/h2-3,5-6,11-12H,4,7-10H2,1H3,(H,19,22)(H,23,24). The minimum atomic E-state index is -0.861. The molecule has 0 aliphatic heterocycles. The molecule has 6 nitrogen and oxygen atoms in total. The molecular weight excluding hydrogens is 306 g/mol. The molecule has 126 valence electrons. The van der Waals surface area contributed by atoms with Gasteiger partial charge in [-0.3, -0.25) is 14.3 Å². The fraction of sp³-hybridized carbons (Fsp3) is 0.389.